The number of nitrogens with two attached hydrogens (primary N) is 1. The zero-order valence-electron chi connectivity index (χ0n) is 12.8. The van der Waals surface area contributed by atoms with Crippen LogP contribution in [0.4, 0.5) is 0 Å². The number of aromatic nitrogens is 1. The summed E-state index contributed by atoms with van der Waals surface area (Å²) in [4.78, 5) is 12.3. The number of nitrogens with zero attached hydrogens (tertiary/aromatic N) is 1. The molecule has 0 bridgehead atoms. The van der Waals surface area contributed by atoms with Gasteiger partial charge in [0.05, 0.1) is 12.2 Å². The van der Waals surface area contributed by atoms with Crippen molar-refractivity contribution in [2.45, 2.75) is 27.2 Å². The van der Waals surface area contributed by atoms with Crippen LogP contribution in [0.3, 0.4) is 0 Å². The molecule has 0 spiro atoms. The van der Waals surface area contributed by atoms with E-state index in [1.165, 1.54) is 0 Å². The lowest BCUT2D eigenvalue weighted by Gasteiger charge is -2.09. The van der Waals surface area contributed by atoms with Crippen molar-refractivity contribution < 1.29 is 9.53 Å². The zero-order chi connectivity index (χ0) is 15.4. The normalized spacial score (nSPS) is 10.7. The maximum absolute atomic E-state index is 12.3. The van der Waals surface area contributed by atoms with Crippen molar-refractivity contribution in [1.82, 2.24) is 4.57 Å². The lowest BCUT2D eigenvalue weighted by Crippen LogP contribution is -2.11. The highest BCUT2D eigenvalue weighted by atomic mass is 16.5. The summed E-state index contributed by atoms with van der Waals surface area (Å²) in [5.41, 5.74) is 10.3. The maximum Gasteiger partial charge on any atom is 0.340 e. The predicted octanol–water partition coefficient (Wildman–Crippen LogP) is 2.77. The Kier molecular flexibility index (Phi) is 4.81. The molecule has 0 aliphatic rings. The molecule has 0 aliphatic heterocycles. The molecular weight excluding hydrogens is 264 g/mol. The van der Waals surface area contributed by atoms with Gasteiger partial charge in [0.15, 0.2) is 0 Å². The SMILES string of the molecule is CCOC(=O)c1c(CCN)c(C)n(-c2ccccc2)c1C. The van der Waals surface area contributed by atoms with Gasteiger partial charge in [-0.15, -0.1) is 0 Å². The quantitative estimate of drug-likeness (QED) is 0.860. The van der Waals surface area contributed by atoms with E-state index in [0.717, 1.165) is 22.6 Å². The van der Waals surface area contributed by atoms with Gasteiger partial charge < -0.3 is 15.0 Å². The van der Waals surface area contributed by atoms with E-state index in [2.05, 4.69) is 4.57 Å². The molecule has 1 aromatic heterocycles. The van der Waals surface area contributed by atoms with Crippen molar-refractivity contribution in [3.63, 3.8) is 0 Å². The second-order valence-corrected chi connectivity index (χ2v) is 4.95. The predicted molar refractivity (Wildman–Crippen MR) is 84.0 cm³/mol. The first kappa shape index (κ1) is 15.3. The summed E-state index contributed by atoms with van der Waals surface area (Å²) in [5.74, 6) is -0.267. The van der Waals surface area contributed by atoms with E-state index in [1.54, 1.807) is 0 Å². The largest absolute Gasteiger partial charge is 0.462 e. The molecule has 0 saturated carbocycles. The summed E-state index contributed by atoms with van der Waals surface area (Å²) in [6.07, 6.45) is 0.667. The lowest BCUT2D eigenvalue weighted by atomic mass is 10.1. The molecule has 2 rings (SSSR count). The number of hydrogen-bond acceptors (Lipinski definition) is 3. The summed E-state index contributed by atoms with van der Waals surface area (Å²) < 4.78 is 7.30. The van der Waals surface area contributed by atoms with Crippen LogP contribution in [0.1, 0.15) is 34.2 Å². The molecule has 2 aromatic rings. The van der Waals surface area contributed by atoms with Gasteiger partial charge >= 0.3 is 5.97 Å². The van der Waals surface area contributed by atoms with Crippen LogP contribution in [0.2, 0.25) is 0 Å². The van der Waals surface area contributed by atoms with Gasteiger partial charge in [-0.05, 0) is 51.4 Å². The third kappa shape index (κ3) is 2.85. The van der Waals surface area contributed by atoms with Crippen LogP contribution in [0, 0.1) is 13.8 Å². The molecule has 0 unspecified atom stereocenters. The number of benzene rings is 1. The van der Waals surface area contributed by atoms with Crippen LogP contribution in [-0.4, -0.2) is 23.7 Å². The number of hydrogen-bond donors (Lipinski definition) is 1. The molecule has 4 nitrogen and oxygen atoms in total. The molecule has 21 heavy (non-hydrogen) atoms. The molecule has 0 aliphatic carbocycles. The van der Waals surface area contributed by atoms with Crippen molar-refractivity contribution in [1.29, 1.82) is 0 Å². The molecule has 1 aromatic carbocycles. The first-order valence-electron chi connectivity index (χ1n) is 7.25. The van der Waals surface area contributed by atoms with Crippen LogP contribution in [-0.2, 0) is 11.2 Å². The first-order chi connectivity index (χ1) is 10.1. The average molecular weight is 286 g/mol. The Balaban J connectivity index is 2.63. The summed E-state index contributed by atoms with van der Waals surface area (Å²) in [6.45, 7) is 6.66. The summed E-state index contributed by atoms with van der Waals surface area (Å²) in [6, 6.07) is 10.0. The number of ether oxygens (including phenoxy) is 1. The smallest absolute Gasteiger partial charge is 0.340 e. The fourth-order valence-electron chi connectivity index (χ4n) is 2.79. The highest BCUT2D eigenvalue weighted by Gasteiger charge is 2.23. The van der Waals surface area contributed by atoms with Crippen molar-refractivity contribution >= 4 is 5.97 Å². The third-order valence-electron chi connectivity index (χ3n) is 3.66. The molecule has 0 fully saturated rings. The minimum atomic E-state index is -0.267. The van der Waals surface area contributed by atoms with E-state index in [9.17, 15) is 4.79 Å². The van der Waals surface area contributed by atoms with Crippen LogP contribution in [0.15, 0.2) is 30.3 Å². The van der Waals surface area contributed by atoms with E-state index in [0.29, 0.717) is 25.1 Å². The van der Waals surface area contributed by atoms with Crippen LogP contribution < -0.4 is 5.73 Å². The molecule has 2 N–H and O–H groups in total. The standard InChI is InChI=1S/C17H22N2O2/c1-4-21-17(20)16-13(3)19(12(2)15(16)10-11-18)14-8-6-5-7-9-14/h5-9H,4,10-11,18H2,1-3H3. The molecular formula is C17H22N2O2. The zero-order valence-corrected chi connectivity index (χ0v) is 12.8. The van der Waals surface area contributed by atoms with E-state index >= 15 is 0 Å². The maximum atomic E-state index is 12.3. The average Bonchev–Trinajstić information content (AvgIpc) is 2.72. The fraction of sp³-hybridized carbons (Fsp3) is 0.353. The van der Waals surface area contributed by atoms with Crippen molar-refractivity contribution in [2.75, 3.05) is 13.2 Å². The minimum absolute atomic E-state index is 0.267. The third-order valence-corrected chi connectivity index (χ3v) is 3.66. The van der Waals surface area contributed by atoms with E-state index in [-0.39, 0.29) is 5.97 Å². The van der Waals surface area contributed by atoms with Gasteiger partial charge in [-0.2, -0.15) is 0 Å². The Morgan fingerprint density at radius 3 is 2.43 bits per heavy atom. The number of carbonyl (C=O) groups is 1. The fourth-order valence-corrected chi connectivity index (χ4v) is 2.79. The number of rotatable bonds is 5. The van der Waals surface area contributed by atoms with Crippen LogP contribution >= 0.6 is 0 Å². The highest BCUT2D eigenvalue weighted by molar-refractivity contribution is 5.93. The monoisotopic (exact) mass is 286 g/mol. The van der Waals surface area contributed by atoms with Gasteiger partial charge in [0.1, 0.15) is 0 Å². The minimum Gasteiger partial charge on any atom is -0.462 e. The number of para-hydroxylation sites is 1. The lowest BCUT2D eigenvalue weighted by molar-refractivity contribution is 0.0524. The highest BCUT2D eigenvalue weighted by Crippen LogP contribution is 2.27. The molecule has 1 heterocycles. The summed E-state index contributed by atoms with van der Waals surface area (Å²) in [5, 5.41) is 0. The Hall–Kier alpha value is -2.07. The van der Waals surface area contributed by atoms with Gasteiger partial charge in [-0.1, -0.05) is 18.2 Å². The summed E-state index contributed by atoms with van der Waals surface area (Å²) in [7, 11) is 0. The molecule has 0 atom stereocenters. The van der Waals surface area contributed by atoms with Gasteiger partial charge in [0.2, 0.25) is 0 Å². The first-order valence-corrected chi connectivity index (χ1v) is 7.25. The Morgan fingerprint density at radius 1 is 1.19 bits per heavy atom. The Morgan fingerprint density at radius 2 is 1.86 bits per heavy atom. The van der Waals surface area contributed by atoms with E-state index < -0.39 is 0 Å². The Bertz CT molecular complexity index is 630. The topological polar surface area (TPSA) is 57.2 Å². The van der Waals surface area contributed by atoms with Crippen molar-refractivity contribution in [2.24, 2.45) is 5.73 Å². The van der Waals surface area contributed by atoms with Crippen molar-refractivity contribution in [3.05, 3.63) is 52.8 Å². The van der Waals surface area contributed by atoms with Crippen molar-refractivity contribution in [3.8, 4) is 5.69 Å². The van der Waals surface area contributed by atoms with Gasteiger partial charge in [-0.3, -0.25) is 0 Å². The summed E-state index contributed by atoms with van der Waals surface area (Å²) >= 11 is 0. The number of esters is 1. The van der Waals surface area contributed by atoms with Gasteiger partial charge in [-0.25, -0.2) is 4.79 Å². The van der Waals surface area contributed by atoms with Crippen LogP contribution in [0.5, 0.6) is 0 Å². The number of carbonyl (C=O) groups excluding carboxylic acids is 1. The Labute approximate surface area is 125 Å². The van der Waals surface area contributed by atoms with E-state index in [1.807, 2.05) is 51.1 Å². The molecule has 0 saturated heterocycles. The molecule has 112 valence electrons. The van der Waals surface area contributed by atoms with Crippen LogP contribution in [0.25, 0.3) is 5.69 Å². The molecule has 0 amide bonds. The molecule has 4 heteroatoms. The second-order valence-electron chi connectivity index (χ2n) is 4.95. The second kappa shape index (κ2) is 6.59. The van der Waals surface area contributed by atoms with E-state index in [4.69, 9.17) is 10.5 Å². The van der Waals surface area contributed by atoms with Gasteiger partial charge in [0.25, 0.3) is 0 Å². The van der Waals surface area contributed by atoms with Gasteiger partial charge in [0, 0.05) is 17.1 Å². The molecule has 0 radical (unpaired) electrons.